The van der Waals surface area contributed by atoms with Gasteiger partial charge in [-0.3, -0.25) is 19.2 Å². The fourth-order valence-electron chi connectivity index (χ4n) is 7.39. The first-order valence-corrected chi connectivity index (χ1v) is 16.4. The third kappa shape index (κ3) is 7.32. The average Bonchev–Trinajstić information content (AvgIpc) is 3.43. The van der Waals surface area contributed by atoms with Gasteiger partial charge < -0.3 is 26.2 Å². The van der Waals surface area contributed by atoms with Crippen molar-refractivity contribution in [2.45, 2.75) is 64.2 Å². The minimum absolute atomic E-state index is 0.0914. The summed E-state index contributed by atoms with van der Waals surface area (Å²) in [6, 6.07) is 14.3. The van der Waals surface area contributed by atoms with Crippen molar-refractivity contribution in [3.63, 3.8) is 0 Å². The topological polar surface area (TPSA) is 137 Å². The Kier molecular flexibility index (Phi) is 10.3. The highest BCUT2D eigenvalue weighted by atomic mass is 16.2. The van der Waals surface area contributed by atoms with Crippen LogP contribution < -0.4 is 21.3 Å². The molecule has 47 heavy (non-hydrogen) atoms. The summed E-state index contributed by atoms with van der Waals surface area (Å²) in [5.41, 5.74) is 3.02. The molecule has 0 aromatic heterocycles. The largest absolute Gasteiger partial charge is 0.346 e. The monoisotopic (exact) mass is 639 g/mol. The van der Waals surface area contributed by atoms with E-state index < -0.39 is 41.8 Å². The molecule has 1 saturated heterocycles. The van der Waals surface area contributed by atoms with Crippen LogP contribution in [0.25, 0.3) is 0 Å². The molecule has 2 aliphatic carbocycles. The maximum atomic E-state index is 14.6. The van der Waals surface area contributed by atoms with Gasteiger partial charge in [0.25, 0.3) is 5.91 Å². The van der Waals surface area contributed by atoms with Gasteiger partial charge in [0.05, 0.1) is 6.04 Å². The Balaban J connectivity index is 1.37. The standard InChI is InChI=1S/C37H45N5O5/c1-5-7-17-28(32(43)34(45)38-18-6-2)40-33(44)31-29-27(37(29,3)4)22-42(31)35(46)30(26-19-24-15-11-12-16-25(24)20-26)41-36(47)39-21-23-13-9-8-10-14-23/h5-6,8-16,26-31H,1-2,7,17-22H2,3-4H3,(H,38,45)(H,40,44)(H2,39,41,47)/t27?,28?,29?,30-,31-/m0/s1. The van der Waals surface area contributed by atoms with E-state index in [0.717, 1.165) is 16.7 Å². The van der Waals surface area contributed by atoms with E-state index in [-0.39, 0.29) is 42.0 Å². The Hall–Kier alpha value is -4.73. The number of allylic oxidation sites excluding steroid dienone is 1. The van der Waals surface area contributed by atoms with Gasteiger partial charge in [0.2, 0.25) is 17.6 Å². The van der Waals surface area contributed by atoms with E-state index in [9.17, 15) is 24.0 Å². The van der Waals surface area contributed by atoms with Crippen LogP contribution >= 0.6 is 0 Å². The van der Waals surface area contributed by atoms with E-state index in [1.807, 2.05) is 54.6 Å². The summed E-state index contributed by atoms with van der Waals surface area (Å²) < 4.78 is 0. The molecule has 3 aliphatic rings. The molecule has 248 valence electrons. The number of Topliss-reactive ketones (excluding diaryl/α,β-unsaturated/α-hetero) is 1. The first-order valence-electron chi connectivity index (χ1n) is 16.4. The number of benzene rings is 2. The van der Waals surface area contributed by atoms with E-state index in [1.165, 1.54) is 6.08 Å². The highest BCUT2D eigenvalue weighted by molar-refractivity contribution is 6.38. The molecule has 5 amide bonds. The molecule has 2 aromatic rings. The molecule has 0 spiro atoms. The average molecular weight is 640 g/mol. The van der Waals surface area contributed by atoms with Gasteiger partial charge in [0, 0.05) is 19.6 Å². The van der Waals surface area contributed by atoms with Crippen LogP contribution in [0, 0.1) is 23.2 Å². The first-order chi connectivity index (χ1) is 22.6. The molecule has 1 saturated carbocycles. The van der Waals surface area contributed by atoms with Gasteiger partial charge in [0.15, 0.2) is 0 Å². The summed E-state index contributed by atoms with van der Waals surface area (Å²) in [4.78, 5) is 69.1. The van der Waals surface area contributed by atoms with Crippen LogP contribution in [-0.2, 0) is 38.6 Å². The lowest BCUT2D eigenvalue weighted by Crippen LogP contribution is -2.60. The SMILES string of the molecule is C=CCCC(NC(=O)[C@@H]1C2C(CN1C(=O)[C@@H](NC(=O)NCc1ccccc1)C1Cc3ccccc3C1)C2(C)C)C(=O)C(=O)NCC=C. The highest BCUT2D eigenvalue weighted by Gasteiger charge is 2.69. The molecule has 1 heterocycles. The van der Waals surface area contributed by atoms with Crippen molar-refractivity contribution in [1.29, 1.82) is 0 Å². The molecule has 4 N–H and O–H groups in total. The van der Waals surface area contributed by atoms with Gasteiger partial charge in [0.1, 0.15) is 12.1 Å². The second-order valence-corrected chi connectivity index (χ2v) is 13.4. The van der Waals surface area contributed by atoms with Crippen molar-refractivity contribution in [3.8, 4) is 0 Å². The van der Waals surface area contributed by atoms with Crippen LogP contribution in [0.15, 0.2) is 79.9 Å². The van der Waals surface area contributed by atoms with E-state index in [2.05, 4.69) is 48.3 Å². The molecular weight excluding hydrogens is 594 g/mol. The number of hydrogen-bond donors (Lipinski definition) is 4. The summed E-state index contributed by atoms with van der Waals surface area (Å²) in [7, 11) is 0. The third-order valence-corrected chi connectivity index (χ3v) is 10.1. The number of rotatable bonds is 14. The summed E-state index contributed by atoms with van der Waals surface area (Å²) in [6.07, 6.45) is 4.93. The Bertz CT molecular complexity index is 1510. The Labute approximate surface area is 276 Å². The minimum Gasteiger partial charge on any atom is -0.346 e. The second kappa shape index (κ2) is 14.4. The molecule has 2 aromatic carbocycles. The molecule has 2 fully saturated rings. The minimum atomic E-state index is -1.08. The quantitative estimate of drug-likeness (QED) is 0.186. The number of hydrogen-bond acceptors (Lipinski definition) is 5. The third-order valence-electron chi connectivity index (χ3n) is 10.1. The zero-order valence-electron chi connectivity index (χ0n) is 27.2. The first kappa shape index (κ1) is 33.6. The molecule has 5 atom stereocenters. The number of fused-ring (bicyclic) bond motifs is 2. The number of urea groups is 1. The second-order valence-electron chi connectivity index (χ2n) is 13.4. The van der Waals surface area contributed by atoms with Crippen LogP contribution in [0.5, 0.6) is 0 Å². The maximum Gasteiger partial charge on any atom is 0.315 e. The van der Waals surface area contributed by atoms with Gasteiger partial charge in [-0.25, -0.2) is 4.79 Å². The molecule has 3 unspecified atom stereocenters. The van der Waals surface area contributed by atoms with Crippen LogP contribution in [0.3, 0.4) is 0 Å². The van der Waals surface area contributed by atoms with E-state index >= 15 is 0 Å². The van der Waals surface area contributed by atoms with Crippen LogP contribution in [0.1, 0.15) is 43.4 Å². The van der Waals surface area contributed by atoms with E-state index in [1.54, 1.807) is 11.0 Å². The van der Waals surface area contributed by atoms with Crippen molar-refractivity contribution in [2.75, 3.05) is 13.1 Å². The number of likely N-dealkylation sites (tertiary alicyclic amines) is 1. The zero-order chi connectivity index (χ0) is 33.7. The summed E-state index contributed by atoms with van der Waals surface area (Å²) in [5, 5.41) is 11.2. The smallest absolute Gasteiger partial charge is 0.315 e. The number of carbonyl (C=O) groups excluding carboxylic acids is 5. The number of carbonyl (C=O) groups is 5. The molecule has 5 rings (SSSR count). The molecular formula is C37H45N5O5. The maximum absolute atomic E-state index is 14.6. The molecule has 1 aliphatic heterocycles. The van der Waals surface area contributed by atoms with Gasteiger partial charge in [-0.2, -0.15) is 0 Å². The Morgan fingerprint density at radius 3 is 2.21 bits per heavy atom. The normalized spacial score (nSPS) is 21.7. The fraction of sp³-hybridized carbons (Fsp3) is 0.432. The molecule has 10 nitrogen and oxygen atoms in total. The lowest BCUT2D eigenvalue weighted by Gasteiger charge is -2.35. The number of piperidine rings is 1. The van der Waals surface area contributed by atoms with Crippen molar-refractivity contribution >= 4 is 29.5 Å². The Morgan fingerprint density at radius 2 is 1.57 bits per heavy atom. The summed E-state index contributed by atoms with van der Waals surface area (Å²) in [5.74, 6) is -2.60. The zero-order valence-corrected chi connectivity index (χ0v) is 27.2. The van der Waals surface area contributed by atoms with Gasteiger partial charge in [-0.15, -0.1) is 13.2 Å². The van der Waals surface area contributed by atoms with E-state index in [0.29, 0.717) is 32.4 Å². The molecule has 10 heteroatoms. The molecule has 0 radical (unpaired) electrons. The van der Waals surface area contributed by atoms with Crippen LogP contribution in [0.2, 0.25) is 0 Å². The lowest BCUT2D eigenvalue weighted by molar-refractivity contribution is -0.144. The number of nitrogens with one attached hydrogen (secondary N) is 4. The molecule has 0 bridgehead atoms. The van der Waals surface area contributed by atoms with Gasteiger partial charge >= 0.3 is 6.03 Å². The van der Waals surface area contributed by atoms with Crippen molar-refractivity contribution in [1.82, 2.24) is 26.2 Å². The fourth-order valence-corrected chi connectivity index (χ4v) is 7.39. The van der Waals surface area contributed by atoms with Crippen LogP contribution in [-0.4, -0.2) is 65.7 Å². The van der Waals surface area contributed by atoms with Crippen molar-refractivity contribution in [2.24, 2.45) is 23.2 Å². The number of amides is 5. The number of ketones is 1. The number of nitrogens with zero attached hydrogens (tertiary/aromatic N) is 1. The van der Waals surface area contributed by atoms with Gasteiger partial charge in [-0.05, 0) is 65.5 Å². The van der Waals surface area contributed by atoms with Crippen LogP contribution in [0.4, 0.5) is 4.79 Å². The predicted molar refractivity (Wildman–Crippen MR) is 179 cm³/mol. The Morgan fingerprint density at radius 1 is 0.915 bits per heavy atom. The lowest BCUT2D eigenvalue weighted by atomic mass is 9.93. The summed E-state index contributed by atoms with van der Waals surface area (Å²) >= 11 is 0. The van der Waals surface area contributed by atoms with Crippen molar-refractivity contribution < 1.29 is 24.0 Å². The van der Waals surface area contributed by atoms with E-state index in [4.69, 9.17) is 0 Å². The summed E-state index contributed by atoms with van der Waals surface area (Å²) in [6.45, 7) is 12.2. The predicted octanol–water partition coefficient (Wildman–Crippen LogP) is 3.07. The van der Waals surface area contributed by atoms with Crippen molar-refractivity contribution in [3.05, 3.63) is 96.6 Å². The van der Waals surface area contributed by atoms with Gasteiger partial charge in [-0.1, -0.05) is 80.6 Å². The highest BCUT2D eigenvalue weighted by Crippen LogP contribution is 2.65.